The molecule has 2 aromatic carbocycles. The van der Waals surface area contributed by atoms with Crippen LogP contribution in [0.3, 0.4) is 0 Å². The number of aromatic amines is 1. The van der Waals surface area contributed by atoms with E-state index in [0.717, 1.165) is 41.9 Å². The Morgan fingerprint density at radius 1 is 0.862 bits per heavy atom. The van der Waals surface area contributed by atoms with E-state index in [-0.39, 0.29) is 5.56 Å². The van der Waals surface area contributed by atoms with Gasteiger partial charge in [0.1, 0.15) is 5.69 Å². The highest BCUT2D eigenvalue weighted by Gasteiger charge is 2.18. The van der Waals surface area contributed by atoms with E-state index in [1.54, 1.807) is 0 Å². The first-order valence-electron chi connectivity index (χ1n) is 8.89. The third-order valence-electron chi connectivity index (χ3n) is 5.10. The van der Waals surface area contributed by atoms with E-state index in [0.29, 0.717) is 11.5 Å². The van der Waals surface area contributed by atoms with Crippen LogP contribution in [0, 0.1) is 0 Å². The van der Waals surface area contributed by atoms with Crippen molar-refractivity contribution in [1.29, 1.82) is 0 Å². The molecule has 0 amide bonds. The molecule has 5 rings (SSSR count). The highest BCUT2D eigenvalue weighted by molar-refractivity contribution is 9.10. The number of benzene rings is 2. The molecule has 0 aliphatic rings. The smallest absolute Gasteiger partial charge is 0.290 e. The summed E-state index contributed by atoms with van der Waals surface area (Å²) < 4.78 is 5.94. The van der Waals surface area contributed by atoms with Gasteiger partial charge in [-0.05, 0) is 36.4 Å². The number of nitrogens with one attached hydrogen (secondary N) is 1. The molecular weight excluding hydrogens is 498 g/mol. The van der Waals surface area contributed by atoms with E-state index in [2.05, 4.69) is 47.0 Å². The Labute approximate surface area is 182 Å². The quantitative estimate of drug-likeness (QED) is 0.361. The molecule has 0 saturated heterocycles. The molecule has 0 atom stereocenters. The van der Waals surface area contributed by atoms with Gasteiger partial charge in [0.25, 0.3) is 5.56 Å². The monoisotopic (exact) mass is 511 g/mol. The third kappa shape index (κ3) is 2.94. The standard InChI is InChI=1S/C21H15Br2N5O/c1-27-9-15(13-7-11(22)3-5-17(13)27)19-21(29)26-25-20(24-19)16-10-28(2)18-6-4-12(23)8-14(16)18/h3-10H,1-2H3,(H,26,29). The van der Waals surface area contributed by atoms with E-state index in [1.165, 1.54) is 0 Å². The molecule has 29 heavy (non-hydrogen) atoms. The van der Waals surface area contributed by atoms with Crippen LogP contribution in [0.4, 0.5) is 0 Å². The summed E-state index contributed by atoms with van der Waals surface area (Å²) >= 11 is 7.05. The third-order valence-corrected chi connectivity index (χ3v) is 6.08. The fourth-order valence-electron chi connectivity index (χ4n) is 3.74. The fourth-order valence-corrected chi connectivity index (χ4v) is 4.46. The topological polar surface area (TPSA) is 68.5 Å². The molecule has 0 saturated carbocycles. The number of hydrogen-bond acceptors (Lipinski definition) is 3. The summed E-state index contributed by atoms with van der Waals surface area (Å²) in [4.78, 5) is 17.3. The van der Waals surface area contributed by atoms with E-state index in [4.69, 9.17) is 0 Å². The summed E-state index contributed by atoms with van der Waals surface area (Å²) in [7, 11) is 3.94. The molecule has 0 unspecified atom stereocenters. The van der Waals surface area contributed by atoms with Crippen molar-refractivity contribution in [2.45, 2.75) is 0 Å². The first kappa shape index (κ1) is 18.3. The number of nitrogens with zero attached hydrogens (tertiary/aromatic N) is 4. The van der Waals surface area contributed by atoms with Crippen LogP contribution < -0.4 is 5.56 Å². The molecule has 0 aliphatic carbocycles. The van der Waals surface area contributed by atoms with Gasteiger partial charge in [-0.2, -0.15) is 5.10 Å². The van der Waals surface area contributed by atoms with Gasteiger partial charge >= 0.3 is 0 Å². The lowest BCUT2D eigenvalue weighted by Gasteiger charge is -2.02. The van der Waals surface area contributed by atoms with Gasteiger partial charge in [-0.1, -0.05) is 31.9 Å². The summed E-state index contributed by atoms with van der Waals surface area (Å²) in [5.74, 6) is 0.482. The molecule has 0 radical (unpaired) electrons. The molecular formula is C21H15Br2N5O. The molecule has 3 aromatic heterocycles. The Bertz CT molecular complexity index is 1480. The highest BCUT2D eigenvalue weighted by Crippen LogP contribution is 2.33. The van der Waals surface area contributed by atoms with Crippen LogP contribution in [0.2, 0.25) is 0 Å². The molecule has 0 spiro atoms. The van der Waals surface area contributed by atoms with Crippen LogP contribution in [0.15, 0.2) is 62.5 Å². The Balaban J connectivity index is 1.77. The number of aromatic nitrogens is 5. The van der Waals surface area contributed by atoms with Crippen molar-refractivity contribution in [1.82, 2.24) is 24.3 Å². The molecule has 0 bridgehead atoms. The van der Waals surface area contributed by atoms with Gasteiger partial charge in [-0.25, -0.2) is 10.1 Å². The summed E-state index contributed by atoms with van der Waals surface area (Å²) in [5, 5.41) is 8.84. The average Bonchev–Trinajstić information content (AvgIpc) is 3.19. The van der Waals surface area contributed by atoms with Crippen LogP contribution in [0.25, 0.3) is 44.5 Å². The number of rotatable bonds is 2. The number of aryl methyl sites for hydroxylation is 2. The second-order valence-corrected chi connectivity index (χ2v) is 8.80. The molecule has 8 heteroatoms. The minimum atomic E-state index is -0.317. The molecule has 1 N–H and O–H groups in total. The first-order chi connectivity index (χ1) is 13.9. The maximum absolute atomic E-state index is 12.6. The lowest BCUT2D eigenvalue weighted by Crippen LogP contribution is -2.14. The van der Waals surface area contributed by atoms with Crippen LogP contribution in [-0.4, -0.2) is 24.3 Å². The van der Waals surface area contributed by atoms with Gasteiger partial charge in [0.2, 0.25) is 0 Å². The zero-order valence-corrected chi connectivity index (χ0v) is 18.7. The fraction of sp³-hybridized carbons (Fsp3) is 0.0952. The normalized spacial score (nSPS) is 11.6. The van der Waals surface area contributed by atoms with Crippen molar-refractivity contribution in [3.05, 3.63) is 68.1 Å². The van der Waals surface area contributed by atoms with Crippen molar-refractivity contribution >= 4 is 53.7 Å². The largest absolute Gasteiger partial charge is 0.350 e. The summed E-state index contributed by atoms with van der Waals surface area (Å²) in [6, 6.07) is 12.1. The zero-order valence-electron chi connectivity index (χ0n) is 15.6. The summed E-state index contributed by atoms with van der Waals surface area (Å²) in [6.45, 7) is 0. The average molecular weight is 513 g/mol. The number of fused-ring (bicyclic) bond motifs is 2. The van der Waals surface area contributed by atoms with Gasteiger partial charge in [0.05, 0.1) is 0 Å². The summed E-state index contributed by atoms with van der Waals surface area (Å²) in [5.41, 5.74) is 3.76. The van der Waals surface area contributed by atoms with Gasteiger partial charge < -0.3 is 9.13 Å². The predicted octanol–water partition coefficient (Wildman–Crippen LogP) is 5.01. The second kappa shape index (κ2) is 6.67. The predicted molar refractivity (Wildman–Crippen MR) is 122 cm³/mol. The van der Waals surface area contributed by atoms with E-state index < -0.39 is 0 Å². The lowest BCUT2D eigenvalue weighted by atomic mass is 10.1. The van der Waals surface area contributed by atoms with Gasteiger partial charge in [0.15, 0.2) is 5.82 Å². The molecule has 144 valence electrons. The Morgan fingerprint density at radius 2 is 1.41 bits per heavy atom. The highest BCUT2D eigenvalue weighted by atomic mass is 79.9. The van der Waals surface area contributed by atoms with Crippen LogP contribution in [-0.2, 0) is 14.1 Å². The number of H-pyrrole nitrogens is 1. The molecule has 0 aliphatic heterocycles. The van der Waals surface area contributed by atoms with Crippen LogP contribution in [0.5, 0.6) is 0 Å². The van der Waals surface area contributed by atoms with Crippen molar-refractivity contribution in [3.63, 3.8) is 0 Å². The minimum Gasteiger partial charge on any atom is -0.350 e. The molecule has 5 aromatic rings. The minimum absolute atomic E-state index is 0.317. The van der Waals surface area contributed by atoms with Gasteiger partial charge in [-0.3, -0.25) is 4.79 Å². The first-order valence-corrected chi connectivity index (χ1v) is 10.5. The van der Waals surface area contributed by atoms with Gasteiger partial charge in [-0.15, -0.1) is 0 Å². The Kier molecular flexibility index (Phi) is 4.22. The maximum Gasteiger partial charge on any atom is 0.290 e. The van der Waals surface area contributed by atoms with Crippen LogP contribution >= 0.6 is 31.9 Å². The SMILES string of the molecule is Cn1cc(-c2n[nH]c(=O)c(-c3cn(C)c4ccc(Br)cc34)n2)c2cc(Br)ccc21. The van der Waals surface area contributed by atoms with Gasteiger partial charge in [0, 0.05) is 68.4 Å². The number of halogens is 2. The zero-order chi connectivity index (χ0) is 20.3. The van der Waals surface area contributed by atoms with E-state index in [9.17, 15) is 4.79 Å². The van der Waals surface area contributed by atoms with Crippen molar-refractivity contribution in [3.8, 4) is 22.6 Å². The number of hydrogen-bond donors (Lipinski definition) is 1. The molecule has 6 nitrogen and oxygen atoms in total. The van der Waals surface area contributed by atoms with Crippen molar-refractivity contribution in [2.24, 2.45) is 14.1 Å². The van der Waals surface area contributed by atoms with E-state index >= 15 is 0 Å². The lowest BCUT2D eigenvalue weighted by molar-refractivity contribution is 0.935. The summed E-state index contributed by atoms with van der Waals surface area (Å²) in [6.07, 6.45) is 3.91. The second-order valence-electron chi connectivity index (χ2n) is 6.97. The molecule has 3 heterocycles. The van der Waals surface area contributed by atoms with Crippen LogP contribution in [0.1, 0.15) is 0 Å². The maximum atomic E-state index is 12.6. The van der Waals surface area contributed by atoms with E-state index in [1.807, 2.05) is 72.0 Å². The van der Waals surface area contributed by atoms with Crippen molar-refractivity contribution in [2.75, 3.05) is 0 Å². The molecule has 0 fully saturated rings. The Morgan fingerprint density at radius 3 is 2.03 bits per heavy atom. The van der Waals surface area contributed by atoms with Crippen molar-refractivity contribution < 1.29 is 0 Å². The Hall–Kier alpha value is -2.71.